The number of benzene rings is 1. The van der Waals surface area contributed by atoms with Gasteiger partial charge in [0, 0.05) is 19.3 Å². The van der Waals surface area contributed by atoms with Gasteiger partial charge in [-0.05, 0) is 53.5 Å². The smallest absolute Gasteiger partial charge is 0.279 e. The van der Waals surface area contributed by atoms with Crippen LogP contribution in [0.25, 0.3) is 0 Å². The van der Waals surface area contributed by atoms with Crippen molar-refractivity contribution >= 4 is 39.1 Å². The Labute approximate surface area is 186 Å². The summed E-state index contributed by atoms with van der Waals surface area (Å²) in [6.45, 7) is 4.03. The largest absolute Gasteiger partial charge is 0.317 e. The van der Waals surface area contributed by atoms with Crippen molar-refractivity contribution < 1.29 is 4.79 Å². The van der Waals surface area contributed by atoms with Crippen LogP contribution < -0.4 is 10.5 Å². The van der Waals surface area contributed by atoms with Gasteiger partial charge in [-0.3, -0.25) is 14.5 Å². The van der Waals surface area contributed by atoms with Crippen molar-refractivity contribution in [1.82, 2.24) is 14.1 Å². The fourth-order valence-corrected chi connectivity index (χ4v) is 4.80. The number of aryl methyl sites for hydroxylation is 1. The van der Waals surface area contributed by atoms with Gasteiger partial charge in [-0.25, -0.2) is 4.98 Å². The fraction of sp³-hybridized carbons (Fsp3) is 0.238. The topological polar surface area (TPSA) is 83.9 Å². The number of carbonyl (C=O) groups excluding carboxylic acids is 1. The van der Waals surface area contributed by atoms with Crippen LogP contribution in [-0.4, -0.2) is 20.0 Å². The van der Waals surface area contributed by atoms with Crippen LogP contribution in [0, 0.1) is 11.3 Å². The highest BCUT2D eigenvalue weighted by molar-refractivity contribution is 9.10. The van der Waals surface area contributed by atoms with Crippen molar-refractivity contribution in [2.24, 2.45) is 7.05 Å². The summed E-state index contributed by atoms with van der Waals surface area (Å²) in [4.78, 5) is 31.6. The molecule has 30 heavy (non-hydrogen) atoms. The molecule has 1 atom stereocenters. The average Bonchev–Trinajstić information content (AvgIpc) is 3.19. The number of anilines is 1. The molecule has 0 bridgehead atoms. The molecule has 3 heterocycles. The minimum Gasteiger partial charge on any atom is -0.317 e. The third kappa shape index (κ3) is 3.06. The molecular formula is C21H17BrClN5O2. The van der Waals surface area contributed by atoms with Gasteiger partial charge in [-0.1, -0.05) is 23.7 Å². The Balaban J connectivity index is 1.98. The van der Waals surface area contributed by atoms with Crippen molar-refractivity contribution in [1.29, 1.82) is 5.26 Å². The Hall–Kier alpha value is -2.89. The number of hydrogen-bond donors (Lipinski definition) is 0. The first kappa shape index (κ1) is 20.4. The first-order chi connectivity index (χ1) is 14.2. The van der Waals surface area contributed by atoms with Crippen molar-refractivity contribution in [3.8, 4) is 6.07 Å². The van der Waals surface area contributed by atoms with Gasteiger partial charge < -0.3 is 9.13 Å². The summed E-state index contributed by atoms with van der Waals surface area (Å²) >= 11 is 9.61. The van der Waals surface area contributed by atoms with Crippen LogP contribution in [0.2, 0.25) is 5.02 Å². The highest BCUT2D eigenvalue weighted by Gasteiger charge is 2.44. The molecule has 7 nitrogen and oxygen atoms in total. The molecule has 0 N–H and O–H groups in total. The molecule has 0 spiro atoms. The molecular weight excluding hydrogens is 470 g/mol. The molecule has 1 aromatic carbocycles. The predicted molar refractivity (Wildman–Crippen MR) is 117 cm³/mol. The first-order valence-electron chi connectivity index (χ1n) is 9.22. The Morgan fingerprint density at radius 3 is 2.47 bits per heavy atom. The van der Waals surface area contributed by atoms with Crippen LogP contribution in [0.15, 0.2) is 46.1 Å². The van der Waals surface area contributed by atoms with E-state index < -0.39 is 6.04 Å². The first-order valence-corrected chi connectivity index (χ1v) is 10.4. The summed E-state index contributed by atoms with van der Waals surface area (Å²) in [5.74, 6) is -0.283. The lowest BCUT2D eigenvalue weighted by atomic mass is 10.0. The molecule has 1 unspecified atom stereocenters. The van der Waals surface area contributed by atoms with Gasteiger partial charge in [0.1, 0.15) is 11.1 Å². The van der Waals surface area contributed by atoms with E-state index in [4.69, 9.17) is 16.9 Å². The molecule has 0 aliphatic carbocycles. The SMILES string of the molecule is CC(C)n1c(Br)nc2c1C(c1ccc(C#N)cc1)N(c1cc(Cl)c(=O)n(C)c1)C2=O. The minimum absolute atomic E-state index is 0.0267. The van der Waals surface area contributed by atoms with E-state index in [0.29, 0.717) is 21.7 Å². The maximum atomic E-state index is 13.4. The molecule has 4 rings (SSSR count). The van der Waals surface area contributed by atoms with Crippen LogP contribution in [0.3, 0.4) is 0 Å². The number of imidazole rings is 1. The van der Waals surface area contributed by atoms with E-state index in [2.05, 4.69) is 27.0 Å². The van der Waals surface area contributed by atoms with Crippen molar-refractivity contribution in [3.63, 3.8) is 0 Å². The number of aromatic nitrogens is 3. The number of pyridine rings is 1. The minimum atomic E-state index is -0.491. The van der Waals surface area contributed by atoms with Gasteiger partial charge in [0.25, 0.3) is 11.5 Å². The Bertz CT molecular complexity index is 1240. The highest BCUT2D eigenvalue weighted by Crippen LogP contribution is 2.43. The third-order valence-electron chi connectivity index (χ3n) is 5.12. The highest BCUT2D eigenvalue weighted by atomic mass is 79.9. The maximum Gasteiger partial charge on any atom is 0.279 e. The monoisotopic (exact) mass is 485 g/mol. The Kier molecular flexibility index (Phi) is 5.04. The van der Waals surface area contributed by atoms with E-state index in [0.717, 1.165) is 11.3 Å². The summed E-state index contributed by atoms with van der Waals surface area (Å²) in [5, 5.41) is 9.18. The molecule has 3 aromatic rings. The van der Waals surface area contributed by atoms with Crippen LogP contribution in [0.1, 0.15) is 53.2 Å². The lowest BCUT2D eigenvalue weighted by molar-refractivity contribution is 0.0989. The van der Waals surface area contributed by atoms with Crippen LogP contribution in [0.4, 0.5) is 5.69 Å². The van der Waals surface area contributed by atoms with Gasteiger partial charge in [0.15, 0.2) is 10.4 Å². The van der Waals surface area contributed by atoms with Crippen molar-refractivity contribution in [2.75, 3.05) is 4.90 Å². The summed E-state index contributed by atoms with van der Waals surface area (Å²) in [5.41, 5.74) is 2.59. The Morgan fingerprint density at radius 1 is 1.23 bits per heavy atom. The molecule has 0 radical (unpaired) electrons. The molecule has 0 saturated heterocycles. The van der Waals surface area contributed by atoms with Crippen LogP contribution in [0.5, 0.6) is 0 Å². The van der Waals surface area contributed by atoms with E-state index in [-0.39, 0.29) is 22.5 Å². The number of nitriles is 1. The second-order valence-electron chi connectivity index (χ2n) is 7.35. The van der Waals surface area contributed by atoms with E-state index in [1.165, 1.54) is 10.6 Å². The summed E-state index contributed by atoms with van der Waals surface area (Å²) in [6.07, 6.45) is 1.59. The van der Waals surface area contributed by atoms with Crippen molar-refractivity contribution in [2.45, 2.75) is 25.9 Å². The standard InChI is InChI=1S/C21H17BrClN5O2/c1-11(2)27-18-16(25-21(27)22)20(30)28(14-8-15(23)19(29)26(3)10-14)17(18)13-6-4-12(9-24)5-7-13/h4-8,10-11,17H,1-3H3. The third-order valence-corrected chi connectivity index (χ3v) is 5.95. The number of fused-ring (bicyclic) bond motifs is 1. The quantitative estimate of drug-likeness (QED) is 0.555. The number of halogens is 2. The maximum absolute atomic E-state index is 13.4. The Morgan fingerprint density at radius 2 is 1.90 bits per heavy atom. The van der Waals surface area contributed by atoms with E-state index in [9.17, 15) is 9.59 Å². The number of carbonyl (C=O) groups is 1. The van der Waals surface area contributed by atoms with Gasteiger partial charge in [0.2, 0.25) is 0 Å². The van der Waals surface area contributed by atoms with Crippen LogP contribution in [-0.2, 0) is 7.05 Å². The van der Waals surface area contributed by atoms with Crippen LogP contribution >= 0.6 is 27.5 Å². The van der Waals surface area contributed by atoms with Crippen molar-refractivity contribution in [3.05, 3.63) is 79.2 Å². The molecule has 2 aromatic heterocycles. The van der Waals surface area contributed by atoms with E-state index >= 15 is 0 Å². The zero-order chi connectivity index (χ0) is 21.7. The predicted octanol–water partition coefficient (Wildman–Crippen LogP) is 4.20. The molecule has 0 fully saturated rings. The van der Waals surface area contributed by atoms with Gasteiger partial charge in [0.05, 0.1) is 23.0 Å². The second-order valence-corrected chi connectivity index (χ2v) is 8.47. The second kappa shape index (κ2) is 7.42. The fourth-order valence-electron chi connectivity index (χ4n) is 3.78. The van der Waals surface area contributed by atoms with Gasteiger partial charge in [-0.2, -0.15) is 5.26 Å². The number of hydrogen-bond acceptors (Lipinski definition) is 4. The summed E-state index contributed by atoms with van der Waals surface area (Å²) in [6, 6.07) is 10.3. The van der Waals surface area contributed by atoms with Gasteiger partial charge >= 0.3 is 0 Å². The summed E-state index contributed by atoms with van der Waals surface area (Å²) in [7, 11) is 1.59. The zero-order valence-electron chi connectivity index (χ0n) is 16.4. The molecule has 1 amide bonds. The van der Waals surface area contributed by atoms with Gasteiger partial charge in [-0.15, -0.1) is 0 Å². The normalized spacial score (nSPS) is 15.6. The number of amides is 1. The molecule has 9 heteroatoms. The zero-order valence-corrected chi connectivity index (χ0v) is 18.8. The van der Waals surface area contributed by atoms with E-state index in [1.54, 1.807) is 30.3 Å². The number of rotatable bonds is 3. The lowest BCUT2D eigenvalue weighted by Crippen LogP contribution is -2.31. The molecule has 152 valence electrons. The summed E-state index contributed by atoms with van der Waals surface area (Å²) < 4.78 is 3.90. The molecule has 0 saturated carbocycles. The molecule has 1 aliphatic rings. The van der Waals surface area contributed by atoms with E-state index in [1.807, 2.05) is 30.5 Å². The number of nitrogens with zero attached hydrogens (tertiary/aromatic N) is 5. The average molecular weight is 487 g/mol. The lowest BCUT2D eigenvalue weighted by Gasteiger charge is -2.28. The molecule has 1 aliphatic heterocycles.